The lowest BCUT2D eigenvalue weighted by Crippen LogP contribution is -2.30. The van der Waals surface area contributed by atoms with Gasteiger partial charge in [-0.2, -0.15) is 10.2 Å². The van der Waals surface area contributed by atoms with E-state index in [0.717, 1.165) is 43.9 Å². The van der Waals surface area contributed by atoms with E-state index >= 15 is 0 Å². The van der Waals surface area contributed by atoms with E-state index in [1.807, 2.05) is 19.2 Å². The molecule has 136 valence electrons. The Morgan fingerprint density at radius 3 is 2.88 bits per heavy atom. The van der Waals surface area contributed by atoms with Gasteiger partial charge in [0.15, 0.2) is 0 Å². The zero-order valence-corrected chi connectivity index (χ0v) is 15.1. The minimum atomic E-state index is -0.533. The fourth-order valence-electron chi connectivity index (χ4n) is 3.11. The number of anilines is 3. The Labute approximate surface area is 153 Å². The number of halogens is 1. The van der Waals surface area contributed by atoms with E-state index in [-0.39, 0.29) is 5.56 Å². The molecule has 3 rings (SSSR count). The van der Waals surface area contributed by atoms with Gasteiger partial charge in [0.1, 0.15) is 17.7 Å². The fourth-order valence-corrected chi connectivity index (χ4v) is 3.11. The van der Waals surface area contributed by atoms with Crippen molar-refractivity contribution in [1.82, 2.24) is 15.3 Å². The molecule has 1 aromatic carbocycles. The summed E-state index contributed by atoms with van der Waals surface area (Å²) in [4.78, 5) is 11.5. The highest BCUT2D eigenvalue weighted by molar-refractivity contribution is 5.58. The smallest absolute Gasteiger partial charge is 0.229 e. The molecule has 0 bridgehead atoms. The second-order valence-corrected chi connectivity index (χ2v) is 6.44. The maximum atomic E-state index is 13.5. The first-order valence-electron chi connectivity index (χ1n) is 8.89. The molecule has 0 spiro atoms. The molecule has 0 radical (unpaired) electrons. The van der Waals surface area contributed by atoms with Gasteiger partial charge in [-0.25, -0.2) is 9.37 Å². The number of hydrogen-bond acceptors (Lipinski definition) is 6. The molecular formula is C19H23FN6. The Kier molecular flexibility index (Phi) is 5.64. The highest BCUT2D eigenvalue weighted by atomic mass is 19.1. The van der Waals surface area contributed by atoms with E-state index in [1.165, 1.54) is 12.1 Å². The van der Waals surface area contributed by atoms with Gasteiger partial charge < -0.3 is 15.5 Å². The fraction of sp³-hybridized carbons (Fsp3) is 0.421. The van der Waals surface area contributed by atoms with Gasteiger partial charge in [-0.15, -0.1) is 0 Å². The predicted octanol–water partition coefficient (Wildman–Crippen LogP) is 2.98. The summed E-state index contributed by atoms with van der Waals surface area (Å²) in [5.74, 6) is 0.829. The van der Waals surface area contributed by atoms with Crippen LogP contribution in [0.2, 0.25) is 0 Å². The molecule has 1 aliphatic heterocycles. The summed E-state index contributed by atoms with van der Waals surface area (Å²) in [5, 5.41) is 15.4. The maximum Gasteiger partial charge on any atom is 0.229 e. The van der Waals surface area contributed by atoms with Crippen molar-refractivity contribution in [2.24, 2.45) is 0 Å². The molecule has 7 heteroatoms. The number of benzene rings is 1. The van der Waals surface area contributed by atoms with Crippen LogP contribution in [0.4, 0.5) is 21.8 Å². The molecule has 0 amide bonds. The summed E-state index contributed by atoms with van der Waals surface area (Å²) in [6, 6.07) is 8.68. The van der Waals surface area contributed by atoms with Gasteiger partial charge >= 0.3 is 0 Å². The van der Waals surface area contributed by atoms with E-state index in [0.29, 0.717) is 17.7 Å². The van der Waals surface area contributed by atoms with Crippen molar-refractivity contribution in [2.75, 3.05) is 30.4 Å². The Bertz CT molecular complexity index is 816. The molecule has 1 unspecified atom stereocenters. The molecule has 0 saturated carbocycles. The molecule has 1 saturated heterocycles. The van der Waals surface area contributed by atoms with Crippen LogP contribution in [0.5, 0.6) is 0 Å². The number of aryl methyl sites for hydroxylation is 1. The van der Waals surface area contributed by atoms with E-state index in [1.54, 1.807) is 6.07 Å². The zero-order valence-electron chi connectivity index (χ0n) is 15.1. The number of nitrogens with one attached hydrogen (secondary N) is 2. The molecule has 1 aliphatic rings. The minimum Gasteiger partial charge on any atom is -0.355 e. The van der Waals surface area contributed by atoms with Gasteiger partial charge in [0.2, 0.25) is 5.95 Å². The normalized spacial score (nSPS) is 16.5. The number of hydrogen-bond donors (Lipinski definition) is 2. The summed E-state index contributed by atoms with van der Waals surface area (Å²) in [6.45, 7) is 3.97. The monoisotopic (exact) mass is 354 g/mol. The van der Waals surface area contributed by atoms with Gasteiger partial charge in [-0.05, 0) is 38.1 Å². The highest BCUT2D eigenvalue weighted by Crippen LogP contribution is 2.23. The van der Waals surface area contributed by atoms with Gasteiger partial charge in [-0.1, -0.05) is 13.3 Å². The van der Waals surface area contributed by atoms with Crippen molar-refractivity contribution in [3.63, 3.8) is 0 Å². The molecule has 2 aromatic rings. The van der Waals surface area contributed by atoms with Gasteiger partial charge in [0.25, 0.3) is 0 Å². The number of nitriles is 1. The minimum absolute atomic E-state index is 0.00339. The number of likely N-dealkylation sites (N-methyl/N-ethyl adjacent to an activating group) is 1. The predicted molar refractivity (Wildman–Crippen MR) is 100 cm³/mol. The van der Waals surface area contributed by atoms with Crippen molar-refractivity contribution in [1.29, 1.82) is 5.26 Å². The quantitative estimate of drug-likeness (QED) is 0.830. The highest BCUT2D eigenvalue weighted by Gasteiger charge is 2.23. The molecule has 26 heavy (non-hydrogen) atoms. The standard InChI is InChI=1S/C19H23FN6/c1-3-4-14-10-18(26-8-7-16(12-26)22-2)25-19(23-14)24-15-5-6-17(20)13(9-15)11-21/h5-6,9-10,16,22H,3-4,7-8,12H2,1-2H3,(H,23,24,25). The molecule has 6 nitrogen and oxygen atoms in total. The topological polar surface area (TPSA) is 76.9 Å². The van der Waals surface area contributed by atoms with E-state index in [4.69, 9.17) is 5.26 Å². The van der Waals surface area contributed by atoms with Crippen molar-refractivity contribution in [3.8, 4) is 6.07 Å². The molecule has 2 heterocycles. The van der Waals surface area contributed by atoms with Crippen LogP contribution in [0.1, 0.15) is 31.0 Å². The zero-order chi connectivity index (χ0) is 18.5. The van der Waals surface area contributed by atoms with Crippen molar-refractivity contribution < 1.29 is 4.39 Å². The van der Waals surface area contributed by atoms with E-state index in [2.05, 4.69) is 32.4 Å². The molecule has 1 atom stereocenters. The van der Waals surface area contributed by atoms with Crippen LogP contribution in [-0.2, 0) is 6.42 Å². The third-order valence-corrected chi connectivity index (χ3v) is 4.54. The average Bonchev–Trinajstić information content (AvgIpc) is 3.13. The largest absolute Gasteiger partial charge is 0.355 e. The molecule has 1 aromatic heterocycles. The second-order valence-electron chi connectivity index (χ2n) is 6.44. The Morgan fingerprint density at radius 2 is 2.19 bits per heavy atom. The Hall–Kier alpha value is -2.72. The lowest BCUT2D eigenvalue weighted by Gasteiger charge is -2.19. The van der Waals surface area contributed by atoms with Crippen LogP contribution >= 0.6 is 0 Å². The van der Waals surface area contributed by atoms with Crippen LogP contribution in [0.25, 0.3) is 0 Å². The Morgan fingerprint density at radius 1 is 1.35 bits per heavy atom. The lowest BCUT2D eigenvalue weighted by molar-refractivity contribution is 0.616. The third kappa shape index (κ3) is 4.09. The van der Waals surface area contributed by atoms with Gasteiger partial charge in [0, 0.05) is 36.6 Å². The summed E-state index contributed by atoms with van der Waals surface area (Å²) in [7, 11) is 1.98. The lowest BCUT2D eigenvalue weighted by atomic mass is 10.2. The summed E-state index contributed by atoms with van der Waals surface area (Å²) >= 11 is 0. The van der Waals surface area contributed by atoms with Crippen molar-refractivity contribution in [3.05, 3.63) is 41.3 Å². The van der Waals surface area contributed by atoms with Crippen LogP contribution in [-0.4, -0.2) is 36.1 Å². The molecule has 2 N–H and O–H groups in total. The van der Waals surface area contributed by atoms with Crippen molar-refractivity contribution >= 4 is 17.5 Å². The summed E-state index contributed by atoms with van der Waals surface area (Å²) in [6.07, 6.45) is 2.93. The summed E-state index contributed by atoms with van der Waals surface area (Å²) < 4.78 is 13.5. The number of aromatic nitrogens is 2. The molecule has 0 aliphatic carbocycles. The SMILES string of the molecule is CCCc1cc(N2CCC(NC)C2)nc(Nc2ccc(F)c(C#N)c2)n1. The first-order valence-corrected chi connectivity index (χ1v) is 8.89. The number of rotatable bonds is 6. The average molecular weight is 354 g/mol. The first kappa shape index (κ1) is 18.1. The van der Waals surface area contributed by atoms with Crippen LogP contribution in [0.3, 0.4) is 0 Å². The first-order chi connectivity index (χ1) is 12.6. The summed E-state index contributed by atoms with van der Waals surface area (Å²) in [5.41, 5.74) is 1.56. The van der Waals surface area contributed by atoms with E-state index < -0.39 is 5.82 Å². The van der Waals surface area contributed by atoms with Crippen LogP contribution in [0.15, 0.2) is 24.3 Å². The molecular weight excluding hydrogens is 331 g/mol. The molecule has 1 fully saturated rings. The second kappa shape index (κ2) is 8.11. The maximum absolute atomic E-state index is 13.5. The van der Waals surface area contributed by atoms with Crippen LogP contribution < -0.4 is 15.5 Å². The number of nitrogens with zero attached hydrogens (tertiary/aromatic N) is 4. The third-order valence-electron chi connectivity index (χ3n) is 4.54. The van der Waals surface area contributed by atoms with E-state index in [9.17, 15) is 4.39 Å². The Balaban J connectivity index is 1.87. The van der Waals surface area contributed by atoms with Gasteiger partial charge in [-0.3, -0.25) is 0 Å². The van der Waals surface area contributed by atoms with Crippen molar-refractivity contribution in [2.45, 2.75) is 32.2 Å². The van der Waals surface area contributed by atoms with Crippen LogP contribution in [0, 0.1) is 17.1 Å². The van der Waals surface area contributed by atoms with Gasteiger partial charge in [0.05, 0.1) is 5.56 Å².